The first-order valence-electron chi connectivity index (χ1n) is 7.51. The van der Waals surface area contributed by atoms with E-state index in [4.69, 9.17) is 4.52 Å². The highest BCUT2D eigenvalue weighted by Crippen LogP contribution is 2.38. The van der Waals surface area contributed by atoms with E-state index in [1.807, 2.05) is 24.3 Å². The number of carbonyl (C=O) groups is 1. The maximum atomic E-state index is 12.4. The van der Waals surface area contributed by atoms with Crippen LogP contribution < -0.4 is 5.32 Å². The van der Waals surface area contributed by atoms with Crippen molar-refractivity contribution in [3.63, 3.8) is 0 Å². The second kappa shape index (κ2) is 5.68. The lowest BCUT2D eigenvalue weighted by molar-refractivity contribution is 0.0949. The van der Waals surface area contributed by atoms with Gasteiger partial charge in [0.25, 0.3) is 5.91 Å². The maximum absolute atomic E-state index is 12.4. The molecule has 1 fully saturated rings. The van der Waals surface area contributed by atoms with Crippen molar-refractivity contribution in [2.24, 2.45) is 0 Å². The predicted molar refractivity (Wildman–Crippen MR) is 81.0 cm³/mol. The SMILES string of the molecule is O=C(NCc1noc(C2CC2)n1)c1ccccc1-n1cccn1. The van der Waals surface area contributed by atoms with E-state index in [0.29, 0.717) is 23.2 Å². The van der Waals surface area contributed by atoms with Gasteiger partial charge in [-0.25, -0.2) is 4.68 Å². The standard InChI is InChI=1S/C16H15N5O2/c22-15(17-10-14-19-16(23-20-14)11-6-7-11)12-4-1-2-5-13(12)21-9-3-8-18-21/h1-5,8-9,11H,6-7,10H2,(H,17,22). The number of nitrogens with zero attached hydrogens (tertiary/aromatic N) is 4. The first kappa shape index (κ1) is 13.7. The van der Waals surface area contributed by atoms with E-state index in [2.05, 4.69) is 20.6 Å². The summed E-state index contributed by atoms with van der Waals surface area (Å²) in [6, 6.07) is 9.11. The van der Waals surface area contributed by atoms with Gasteiger partial charge >= 0.3 is 0 Å². The summed E-state index contributed by atoms with van der Waals surface area (Å²) in [5.41, 5.74) is 1.27. The Morgan fingerprint density at radius 3 is 2.96 bits per heavy atom. The summed E-state index contributed by atoms with van der Waals surface area (Å²) in [6.07, 6.45) is 5.68. The third-order valence-electron chi connectivity index (χ3n) is 3.72. The second-order valence-electron chi connectivity index (χ2n) is 5.47. The molecule has 7 heteroatoms. The molecular weight excluding hydrogens is 294 g/mol. The molecule has 116 valence electrons. The Morgan fingerprint density at radius 2 is 2.17 bits per heavy atom. The summed E-state index contributed by atoms with van der Waals surface area (Å²) in [7, 11) is 0. The number of nitrogens with one attached hydrogen (secondary N) is 1. The number of rotatable bonds is 5. The molecule has 1 aliphatic carbocycles. The van der Waals surface area contributed by atoms with Crippen LogP contribution in [0.5, 0.6) is 0 Å². The zero-order valence-electron chi connectivity index (χ0n) is 12.3. The molecule has 0 aliphatic heterocycles. The molecule has 2 aromatic heterocycles. The molecular formula is C16H15N5O2. The van der Waals surface area contributed by atoms with Crippen LogP contribution >= 0.6 is 0 Å². The molecule has 0 atom stereocenters. The van der Waals surface area contributed by atoms with Gasteiger partial charge in [0.1, 0.15) is 0 Å². The molecule has 0 radical (unpaired) electrons. The quantitative estimate of drug-likeness (QED) is 0.779. The van der Waals surface area contributed by atoms with Gasteiger partial charge in [0.15, 0.2) is 5.82 Å². The summed E-state index contributed by atoms with van der Waals surface area (Å²) >= 11 is 0. The highest BCUT2D eigenvalue weighted by atomic mass is 16.5. The summed E-state index contributed by atoms with van der Waals surface area (Å²) in [5, 5.41) is 10.9. The maximum Gasteiger partial charge on any atom is 0.253 e. The Kier molecular flexibility index (Phi) is 3.38. The summed E-state index contributed by atoms with van der Waals surface area (Å²) < 4.78 is 6.84. The van der Waals surface area contributed by atoms with Crippen molar-refractivity contribution in [1.29, 1.82) is 0 Å². The molecule has 1 aromatic carbocycles. The van der Waals surface area contributed by atoms with Crippen molar-refractivity contribution in [3.05, 3.63) is 60.0 Å². The molecule has 0 unspecified atom stereocenters. The lowest BCUT2D eigenvalue weighted by Gasteiger charge is -2.09. The van der Waals surface area contributed by atoms with Crippen LogP contribution in [-0.2, 0) is 6.54 Å². The molecule has 7 nitrogen and oxygen atoms in total. The van der Waals surface area contributed by atoms with Crippen LogP contribution in [0.25, 0.3) is 5.69 Å². The average molecular weight is 309 g/mol. The number of benzene rings is 1. The van der Waals surface area contributed by atoms with Gasteiger partial charge in [-0.3, -0.25) is 4.79 Å². The fourth-order valence-electron chi connectivity index (χ4n) is 2.37. The molecule has 1 N–H and O–H groups in total. The van der Waals surface area contributed by atoms with Crippen LogP contribution in [0.3, 0.4) is 0 Å². The zero-order chi connectivity index (χ0) is 15.6. The lowest BCUT2D eigenvalue weighted by atomic mass is 10.1. The van der Waals surface area contributed by atoms with Crippen LogP contribution in [-0.4, -0.2) is 25.8 Å². The van der Waals surface area contributed by atoms with Gasteiger partial charge in [0, 0.05) is 18.3 Å². The van der Waals surface area contributed by atoms with Crippen molar-refractivity contribution >= 4 is 5.91 Å². The van der Waals surface area contributed by atoms with Crippen molar-refractivity contribution in [2.75, 3.05) is 0 Å². The third-order valence-corrected chi connectivity index (χ3v) is 3.72. The Balaban J connectivity index is 1.48. The Bertz CT molecular complexity index is 821. The van der Waals surface area contributed by atoms with Crippen molar-refractivity contribution in [2.45, 2.75) is 25.3 Å². The zero-order valence-corrected chi connectivity index (χ0v) is 12.3. The van der Waals surface area contributed by atoms with Crippen LogP contribution in [0, 0.1) is 0 Å². The van der Waals surface area contributed by atoms with Crippen LogP contribution in [0.2, 0.25) is 0 Å². The van der Waals surface area contributed by atoms with Gasteiger partial charge in [-0.15, -0.1) is 0 Å². The van der Waals surface area contributed by atoms with Crippen molar-refractivity contribution < 1.29 is 9.32 Å². The van der Waals surface area contributed by atoms with E-state index in [0.717, 1.165) is 18.5 Å². The smallest absolute Gasteiger partial charge is 0.253 e. The van der Waals surface area contributed by atoms with Crippen LogP contribution in [0.1, 0.15) is 40.8 Å². The van der Waals surface area contributed by atoms with E-state index in [-0.39, 0.29) is 12.5 Å². The van der Waals surface area contributed by atoms with E-state index in [1.54, 1.807) is 23.1 Å². The molecule has 1 aliphatic rings. The summed E-state index contributed by atoms with van der Waals surface area (Å²) in [5.74, 6) is 1.38. The molecule has 3 aromatic rings. The van der Waals surface area contributed by atoms with Gasteiger partial charge in [-0.1, -0.05) is 17.3 Å². The minimum Gasteiger partial charge on any atom is -0.345 e. The largest absolute Gasteiger partial charge is 0.345 e. The van der Waals surface area contributed by atoms with Gasteiger partial charge in [-0.05, 0) is 31.0 Å². The van der Waals surface area contributed by atoms with Gasteiger partial charge < -0.3 is 9.84 Å². The molecule has 1 amide bonds. The number of aromatic nitrogens is 4. The van der Waals surface area contributed by atoms with Gasteiger partial charge in [-0.2, -0.15) is 10.1 Å². The average Bonchev–Trinajstić information content (AvgIpc) is 3.11. The second-order valence-corrected chi connectivity index (χ2v) is 5.47. The van der Waals surface area contributed by atoms with Gasteiger partial charge in [0.05, 0.1) is 17.8 Å². The first-order chi connectivity index (χ1) is 11.3. The fraction of sp³-hybridized carbons (Fsp3) is 0.250. The molecule has 23 heavy (non-hydrogen) atoms. The van der Waals surface area contributed by atoms with Gasteiger partial charge in [0.2, 0.25) is 5.89 Å². The Labute approximate surface area is 132 Å². The Morgan fingerprint density at radius 1 is 1.30 bits per heavy atom. The topological polar surface area (TPSA) is 85.8 Å². The van der Waals surface area contributed by atoms with Crippen molar-refractivity contribution in [1.82, 2.24) is 25.2 Å². The lowest BCUT2D eigenvalue weighted by Crippen LogP contribution is -2.24. The molecule has 1 saturated carbocycles. The van der Waals surface area contributed by atoms with Crippen molar-refractivity contribution in [3.8, 4) is 5.69 Å². The van der Waals surface area contributed by atoms with Crippen LogP contribution in [0.15, 0.2) is 47.2 Å². The number of para-hydroxylation sites is 1. The fourth-order valence-corrected chi connectivity index (χ4v) is 2.37. The van der Waals surface area contributed by atoms with E-state index < -0.39 is 0 Å². The highest BCUT2D eigenvalue weighted by molar-refractivity contribution is 5.97. The minimum atomic E-state index is -0.200. The summed E-state index contributed by atoms with van der Waals surface area (Å²) in [6.45, 7) is 0.239. The monoisotopic (exact) mass is 309 g/mol. The first-order valence-corrected chi connectivity index (χ1v) is 7.51. The number of carbonyl (C=O) groups excluding carboxylic acids is 1. The predicted octanol–water partition coefficient (Wildman–Crippen LogP) is 2.06. The number of amides is 1. The Hall–Kier alpha value is -2.96. The molecule has 2 heterocycles. The van der Waals surface area contributed by atoms with E-state index >= 15 is 0 Å². The minimum absolute atomic E-state index is 0.200. The molecule has 0 saturated heterocycles. The van der Waals surface area contributed by atoms with E-state index in [9.17, 15) is 4.79 Å². The number of hydrogen-bond acceptors (Lipinski definition) is 5. The van der Waals surface area contributed by atoms with Crippen LogP contribution in [0.4, 0.5) is 0 Å². The molecule has 0 bridgehead atoms. The third kappa shape index (κ3) is 2.85. The van der Waals surface area contributed by atoms with E-state index in [1.165, 1.54) is 0 Å². The highest BCUT2D eigenvalue weighted by Gasteiger charge is 2.29. The summed E-state index contributed by atoms with van der Waals surface area (Å²) in [4.78, 5) is 16.7. The normalized spacial score (nSPS) is 13.9. The molecule has 4 rings (SSSR count). The number of hydrogen-bond donors (Lipinski definition) is 1. The molecule has 0 spiro atoms.